The van der Waals surface area contributed by atoms with Crippen LogP contribution in [0, 0.1) is 11.3 Å². The summed E-state index contributed by atoms with van der Waals surface area (Å²) < 4.78 is 0. The van der Waals surface area contributed by atoms with Gasteiger partial charge in [-0.2, -0.15) is 0 Å². The predicted molar refractivity (Wildman–Crippen MR) is 66.0 cm³/mol. The molecular weight excluding hydrogens is 182 g/mol. The monoisotopic (exact) mass is 209 g/mol. The van der Waals surface area contributed by atoms with E-state index in [2.05, 4.69) is 32.6 Å². The number of likely N-dealkylation sites (tertiary alicyclic amines) is 1. The van der Waals surface area contributed by atoms with Crippen LogP contribution in [-0.2, 0) is 0 Å². The van der Waals surface area contributed by atoms with Crippen LogP contribution in [0.3, 0.4) is 0 Å². The fraction of sp³-hybridized carbons (Fsp3) is 1.00. The van der Waals surface area contributed by atoms with Gasteiger partial charge in [-0.15, -0.1) is 0 Å². The van der Waals surface area contributed by atoms with Crippen molar-refractivity contribution in [3.05, 3.63) is 0 Å². The average Bonchev–Trinajstić information content (AvgIpc) is 2.96. The van der Waals surface area contributed by atoms with Crippen LogP contribution < -0.4 is 0 Å². The van der Waals surface area contributed by atoms with Gasteiger partial charge < -0.3 is 0 Å². The fourth-order valence-corrected chi connectivity index (χ4v) is 3.27. The zero-order valence-electron chi connectivity index (χ0n) is 10.9. The van der Waals surface area contributed by atoms with E-state index in [0.717, 1.165) is 23.4 Å². The second-order valence-electron chi connectivity index (χ2n) is 6.24. The minimum Gasteiger partial charge on any atom is -0.298 e. The lowest BCUT2D eigenvalue weighted by Gasteiger charge is -2.45. The first-order valence-corrected chi connectivity index (χ1v) is 6.84. The van der Waals surface area contributed by atoms with Gasteiger partial charge >= 0.3 is 0 Å². The molecule has 2 unspecified atom stereocenters. The molecule has 1 heteroatoms. The van der Waals surface area contributed by atoms with E-state index in [0.29, 0.717) is 0 Å². The van der Waals surface area contributed by atoms with Crippen molar-refractivity contribution in [3.8, 4) is 0 Å². The second kappa shape index (κ2) is 4.08. The molecule has 0 amide bonds. The summed E-state index contributed by atoms with van der Waals surface area (Å²) in [4.78, 5) is 2.76. The van der Waals surface area contributed by atoms with Gasteiger partial charge in [0.05, 0.1) is 0 Å². The van der Waals surface area contributed by atoms with E-state index in [1.54, 1.807) is 0 Å². The van der Waals surface area contributed by atoms with Crippen molar-refractivity contribution >= 4 is 0 Å². The molecule has 1 heterocycles. The van der Waals surface area contributed by atoms with E-state index < -0.39 is 0 Å². The summed E-state index contributed by atoms with van der Waals surface area (Å²) in [6.45, 7) is 10.9. The maximum absolute atomic E-state index is 2.76. The van der Waals surface area contributed by atoms with E-state index in [9.17, 15) is 0 Å². The summed E-state index contributed by atoms with van der Waals surface area (Å²) in [5, 5.41) is 0. The Morgan fingerprint density at radius 2 is 1.87 bits per heavy atom. The van der Waals surface area contributed by atoms with E-state index in [4.69, 9.17) is 0 Å². The number of nitrogens with zero attached hydrogens (tertiary/aromatic N) is 1. The summed E-state index contributed by atoms with van der Waals surface area (Å²) >= 11 is 0. The summed E-state index contributed by atoms with van der Waals surface area (Å²) in [5.41, 5.74) is 0.805. The molecule has 1 saturated carbocycles. The Kier molecular flexibility index (Phi) is 3.12. The molecule has 1 aliphatic carbocycles. The average molecular weight is 209 g/mol. The van der Waals surface area contributed by atoms with Crippen molar-refractivity contribution in [2.45, 2.75) is 71.9 Å². The summed E-state index contributed by atoms with van der Waals surface area (Å²) in [6, 6.07) is 1.60. The SMILES string of the molecule is CCC(C)C1CC2(CCN1C(C)C)CC2. The number of hydrogen-bond donors (Lipinski definition) is 0. The van der Waals surface area contributed by atoms with E-state index in [1.807, 2.05) is 0 Å². The molecule has 2 atom stereocenters. The Morgan fingerprint density at radius 3 is 2.33 bits per heavy atom. The second-order valence-corrected chi connectivity index (χ2v) is 6.24. The van der Waals surface area contributed by atoms with Crippen LogP contribution in [0.4, 0.5) is 0 Å². The molecule has 0 aromatic heterocycles. The molecule has 1 nitrogen and oxygen atoms in total. The Morgan fingerprint density at radius 1 is 1.20 bits per heavy atom. The lowest BCUT2D eigenvalue weighted by molar-refractivity contribution is 0.0402. The maximum atomic E-state index is 2.76. The highest BCUT2D eigenvalue weighted by molar-refractivity contribution is 5.01. The highest BCUT2D eigenvalue weighted by Crippen LogP contribution is 2.56. The van der Waals surface area contributed by atoms with Crippen molar-refractivity contribution in [2.75, 3.05) is 6.54 Å². The zero-order chi connectivity index (χ0) is 11.1. The van der Waals surface area contributed by atoms with Gasteiger partial charge in [-0.3, -0.25) is 4.90 Å². The molecule has 0 N–H and O–H groups in total. The third-order valence-electron chi connectivity index (χ3n) is 4.89. The van der Waals surface area contributed by atoms with Gasteiger partial charge in [0.1, 0.15) is 0 Å². The van der Waals surface area contributed by atoms with Crippen LogP contribution in [0.25, 0.3) is 0 Å². The minimum atomic E-state index is 0.736. The Bertz CT molecular complexity index is 217. The molecule has 1 aliphatic heterocycles. The molecule has 1 spiro atoms. The third-order valence-corrected chi connectivity index (χ3v) is 4.89. The van der Waals surface area contributed by atoms with Gasteiger partial charge in [-0.25, -0.2) is 0 Å². The third kappa shape index (κ3) is 2.22. The van der Waals surface area contributed by atoms with Crippen LogP contribution in [0.2, 0.25) is 0 Å². The first-order valence-electron chi connectivity index (χ1n) is 6.84. The molecule has 0 aromatic carbocycles. The standard InChI is InChI=1S/C14H27N/c1-5-12(4)13-10-14(6-7-14)8-9-15(13)11(2)3/h11-13H,5-10H2,1-4H3. The van der Waals surface area contributed by atoms with Gasteiger partial charge in [-0.05, 0) is 57.4 Å². The minimum absolute atomic E-state index is 0.736. The van der Waals surface area contributed by atoms with Crippen LogP contribution >= 0.6 is 0 Å². The molecule has 15 heavy (non-hydrogen) atoms. The van der Waals surface area contributed by atoms with Crippen LogP contribution in [0.5, 0.6) is 0 Å². The molecule has 1 saturated heterocycles. The Hall–Kier alpha value is -0.0400. The number of piperidine rings is 1. The number of rotatable bonds is 3. The smallest absolute Gasteiger partial charge is 0.0129 e. The lowest BCUT2D eigenvalue weighted by atomic mass is 9.81. The molecular formula is C14H27N. The molecule has 0 radical (unpaired) electrons. The largest absolute Gasteiger partial charge is 0.298 e. The van der Waals surface area contributed by atoms with Crippen molar-refractivity contribution in [2.24, 2.45) is 11.3 Å². The van der Waals surface area contributed by atoms with Gasteiger partial charge in [0.2, 0.25) is 0 Å². The molecule has 88 valence electrons. The maximum Gasteiger partial charge on any atom is 0.0129 e. The Labute approximate surface area is 95.2 Å². The zero-order valence-corrected chi connectivity index (χ0v) is 10.9. The van der Waals surface area contributed by atoms with Crippen LogP contribution in [0.1, 0.15) is 59.8 Å². The van der Waals surface area contributed by atoms with Crippen molar-refractivity contribution in [3.63, 3.8) is 0 Å². The van der Waals surface area contributed by atoms with Crippen molar-refractivity contribution in [1.82, 2.24) is 4.90 Å². The summed E-state index contributed by atoms with van der Waals surface area (Å²) in [6.07, 6.45) is 7.33. The summed E-state index contributed by atoms with van der Waals surface area (Å²) in [5.74, 6) is 0.880. The topological polar surface area (TPSA) is 3.24 Å². The van der Waals surface area contributed by atoms with E-state index in [-0.39, 0.29) is 0 Å². The Balaban J connectivity index is 2.05. The quantitative estimate of drug-likeness (QED) is 0.685. The van der Waals surface area contributed by atoms with Gasteiger partial charge in [0.25, 0.3) is 0 Å². The molecule has 2 fully saturated rings. The van der Waals surface area contributed by atoms with Crippen LogP contribution in [0.15, 0.2) is 0 Å². The van der Waals surface area contributed by atoms with Gasteiger partial charge in [0.15, 0.2) is 0 Å². The normalized spacial score (nSPS) is 32.2. The van der Waals surface area contributed by atoms with Gasteiger partial charge in [0, 0.05) is 12.1 Å². The predicted octanol–water partition coefficient (Wildman–Crippen LogP) is 3.69. The summed E-state index contributed by atoms with van der Waals surface area (Å²) in [7, 11) is 0. The van der Waals surface area contributed by atoms with E-state index >= 15 is 0 Å². The first kappa shape index (κ1) is 11.4. The molecule has 0 aromatic rings. The molecule has 2 rings (SSSR count). The fourth-order valence-electron chi connectivity index (χ4n) is 3.27. The molecule has 0 bridgehead atoms. The van der Waals surface area contributed by atoms with Crippen LogP contribution in [-0.4, -0.2) is 23.5 Å². The number of hydrogen-bond acceptors (Lipinski definition) is 1. The van der Waals surface area contributed by atoms with E-state index in [1.165, 1.54) is 38.6 Å². The highest BCUT2D eigenvalue weighted by Gasteiger charge is 2.49. The lowest BCUT2D eigenvalue weighted by Crippen LogP contribution is -2.49. The van der Waals surface area contributed by atoms with Gasteiger partial charge in [-0.1, -0.05) is 20.3 Å². The van der Waals surface area contributed by atoms with Crippen molar-refractivity contribution in [1.29, 1.82) is 0 Å². The molecule has 2 aliphatic rings. The first-order chi connectivity index (χ1) is 7.08. The van der Waals surface area contributed by atoms with Crippen molar-refractivity contribution < 1.29 is 0 Å². The highest BCUT2D eigenvalue weighted by atomic mass is 15.2.